The lowest BCUT2D eigenvalue weighted by atomic mass is 9.98. The largest absolute Gasteiger partial charge is 0.418 e. The molecule has 1 atom stereocenters. The summed E-state index contributed by atoms with van der Waals surface area (Å²) in [5, 5.41) is 0. The molecule has 1 aromatic carbocycles. The molecule has 18 heavy (non-hydrogen) atoms. The monoisotopic (exact) mass is 277 g/mol. The zero-order chi connectivity index (χ0) is 13.2. The predicted octanol–water partition coefficient (Wildman–Crippen LogP) is 4.16. The molecule has 2 rings (SSSR count). The molecule has 0 aliphatic carbocycles. The lowest BCUT2D eigenvalue weighted by Gasteiger charge is -2.35. The van der Waals surface area contributed by atoms with E-state index in [0.717, 1.165) is 18.9 Å². The van der Waals surface area contributed by atoms with Gasteiger partial charge in [-0.25, -0.2) is 0 Å². The number of anilines is 1. The second-order valence-corrected chi connectivity index (χ2v) is 4.93. The molecule has 1 heterocycles. The van der Waals surface area contributed by atoms with Gasteiger partial charge in [0, 0.05) is 24.7 Å². The van der Waals surface area contributed by atoms with Crippen LogP contribution in [0.3, 0.4) is 0 Å². The molecule has 1 aliphatic heterocycles. The summed E-state index contributed by atoms with van der Waals surface area (Å²) in [6, 6.07) is 5.75. The quantitative estimate of drug-likeness (QED) is 0.734. The summed E-state index contributed by atoms with van der Waals surface area (Å²) < 4.78 is 38.8. The molecule has 0 spiro atoms. The van der Waals surface area contributed by atoms with Gasteiger partial charge in [0.2, 0.25) is 0 Å². The minimum atomic E-state index is -4.30. The highest BCUT2D eigenvalue weighted by molar-refractivity contribution is 6.18. The van der Waals surface area contributed by atoms with Gasteiger partial charge in [-0.1, -0.05) is 12.1 Å². The van der Waals surface area contributed by atoms with Gasteiger partial charge in [-0.15, -0.1) is 11.6 Å². The number of hydrogen-bond donors (Lipinski definition) is 0. The molecular weight excluding hydrogens is 263 g/mol. The first-order valence-electron chi connectivity index (χ1n) is 5.99. The first-order chi connectivity index (χ1) is 8.52. The Kier molecular flexibility index (Phi) is 4.05. The molecule has 0 aromatic heterocycles. The summed E-state index contributed by atoms with van der Waals surface area (Å²) >= 11 is 5.81. The molecule has 0 saturated carbocycles. The van der Waals surface area contributed by atoms with E-state index in [1.165, 1.54) is 6.07 Å². The lowest BCUT2D eigenvalue weighted by molar-refractivity contribution is -0.137. The fraction of sp³-hybridized carbons (Fsp3) is 0.538. The number of rotatable bonds is 2. The minimum absolute atomic E-state index is 0.278. The molecule has 0 N–H and O–H groups in total. The number of nitrogens with zero attached hydrogens (tertiary/aromatic N) is 1. The third-order valence-electron chi connectivity index (χ3n) is 3.29. The molecular formula is C13H15ClF3N. The fourth-order valence-corrected chi connectivity index (χ4v) is 2.65. The Hall–Kier alpha value is -0.900. The van der Waals surface area contributed by atoms with E-state index in [-0.39, 0.29) is 11.6 Å². The van der Waals surface area contributed by atoms with E-state index in [4.69, 9.17) is 11.6 Å². The van der Waals surface area contributed by atoms with Crippen LogP contribution in [0.4, 0.5) is 18.9 Å². The second-order valence-electron chi connectivity index (χ2n) is 4.62. The van der Waals surface area contributed by atoms with E-state index < -0.39 is 11.7 Å². The Morgan fingerprint density at radius 3 is 2.67 bits per heavy atom. The average molecular weight is 278 g/mol. The van der Waals surface area contributed by atoms with Crippen molar-refractivity contribution in [3.63, 3.8) is 0 Å². The van der Waals surface area contributed by atoms with Crippen molar-refractivity contribution in [2.75, 3.05) is 23.9 Å². The van der Waals surface area contributed by atoms with Gasteiger partial charge in [0.05, 0.1) is 5.56 Å². The van der Waals surface area contributed by atoms with Gasteiger partial charge in [0.1, 0.15) is 0 Å². The Balaban J connectivity index is 2.27. The summed E-state index contributed by atoms with van der Waals surface area (Å²) in [7, 11) is 0. The molecule has 0 amide bonds. The van der Waals surface area contributed by atoms with Crippen LogP contribution in [0.2, 0.25) is 0 Å². The van der Waals surface area contributed by atoms with Crippen molar-refractivity contribution in [2.45, 2.75) is 19.0 Å². The average Bonchev–Trinajstić information content (AvgIpc) is 2.38. The molecule has 1 nitrogen and oxygen atoms in total. The lowest BCUT2D eigenvalue weighted by Crippen LogP contribution is -2.37. The van der Waals surface area contributed by atoms with Crippen LogP contribution < -0.4 is 4.90 Å². The van der Waals surface area contributed by atoms with Crippen molar-refractivity contribution in [2.24, 2.45) is 5.92 Å². The molecule has 0 radical (unpaired) electrons. The van der Waals surface area contributed by atoms with Gasteiger partial charge in [-0.05, 0) is 30.9 Å². The van der Waals surface area contributed by atoms with Crippen LogP contribution in [0.1, 0.15) is 18.4 Å². The molecule has 1 unspecified atom stereocenters. The zero-order valence-electron chi connectivity index (χ0n) is 9.88. The third kappa shape index (κ3) is 2.91. The maximum atomic E-state index is 12.9. The fourth-order valence-electron chi connectivity index (χ4n) is 2.40. The van der Waals surface area contributed by atoms with Crippen molar-refractivity contribution in [1.82, 2.24) is 0 Å². The van der Waals surface area contributed by atoms with Gasteiger partial charge in [-0.2, -0.15) is 13.2 Å². The second kappa shape index (κ2) is 5.39. The van der Waals surface area contributed by atoms with Crippen molar-refractivity contribution in [1.29, 1.82) is 0 Å². The summed E-state index contributed by atoms with van der Waals surface area (Å²) in [6.45, 7) is 1.27. The first kappa shape index (κ1) is 13.5. The minimum Gasteiger partial charge on any atom is -0.371 e. The molecule has 5 heteroatoms. The summed E-state index contributed by atoms with van der Waals surface area (Å²) in [5.41, 5.74) is -0.278. The summed E-state index contributed by atoms with van der Waals surface area (Å²) in [4.78, 5) is 1.80. The standard InChI is InChI=1S/C13H15ClF3N/c14-8-10-4-3-7-18(9-10)12-6-2-1-5-11(12)13(15,16)17/h1-2,5-6,10H,3-4,7-9H2. The van der Waals surface area contributed by atoms with Gasteiger partial charge < -0.3 is 4.90 Å². The Bertz CT molecular complexity index is 405. The molecule has 1 saturated heterocycles. The first-order valence-corrected chi connectivity index (χ1v) is 6.53. The van der Waals surface area contributed by atoms with E-state index in [0.29, 0.717) is 19.0 Å². The number of para-hydroxylation sites is 1. The molecule has 1 fully saturated rings. The van der Waals surface area contributed by atoms with E-state index in [9.17, 15) is 13.2 Å². The number of benzene rings is 1. The smallest absolute Gasteiger partial charge is 0.371 e. The number of piperidine rings is 1. The highest BCUT2D eigenvalue weighted by Crippen LogP contribution is 2.37. The number of halogens is 4. The maximum absolute atomic E-state index is 12.9. The van der Waals surface area contributed by atoms with Gasteiger partial charge in [0.25, 0.3) is 0 Å². The molecule has 1 aromatic rings. The van der Waals surface area contributed by atoms with Crippen molar-refractivity contribution in [3.05, 3.63) is 29.8 Å². The third-order valence-corrected chi connectivity index (χ3v) is 3.72. The van der Waals surface area contributed by atoms with E-state index in [2.05, 4.69) is 0 Å². The molecule has 1 aliphatic rings. The molecule has 0 bridgehead atoms. The van der Waals surface area contributed by atoms with Crippen LogP contribution in [-0.2, 0) is 6.18 Å². The summed E-state index contributed by atoms with van der Waals surface area (Å²) in [6.07, 6.45) is -2.41. The highest BCUT2D eigenvalue weighted by Gasteiger charge is 2.35. The van der Waals surface area contributed by atoms with Crippen LogP contribution in [0.5, 0.6) is 0 Å². The Morgan fingerprint density at radius 1 is 1.28 bits per heavy atom. The topological polar surface area (TPSA) is 3.24 Å². The normalized spacial score (nSPS) is 21.1. The van der Waals surface area contributed by atoms with Gasteiger partial charge in [0.15, 0.2) is 0 Å². The van der Waals surface area contributed by atoms with Crippen molar-refractivity contribution in [3.8, 4) is 0 Å². The van der Waals surface area contributed by atoms with Crippen molar-refractivity contribution < 1.29 is 13.2 Å². The zero-order valence-corrected chi connectivity index (χ0v) is 10.6. The van der Waals surface area contributed by atoms with Crippen molar-refractivity contribution >= 4 is 17.3 Å². The number of alkyl halides is 4. The highest BCUT2D eigenvalue weighted by atomic mass is 35.5. The SMILES string of the molecule is FC(F)(F)c1ccccc1N1CCCC(CCl)C1. The van der Waals surface area contributed by atoms with Crippen LogP contribution >= 0.6 is 11.6 Å². The van der Waals surface area contributed by atoms with Crippen LogP contribution in [0.25, 0.3) is 0 Å². The maximum Gasteiger partial charge on any atom is 0.418 e. The van der Waals surface area contributed by atoms with Crippen LogP contribution in [-0.4, -0.2) is 19.0 Å². The predicted molar refractivity (Wildman–Crippen MR) is 67.1 cm³/mol. The van der Waals surface area contributed by atoms with E-state index in [1.807, 2.05) is 0 Å². The van der Waals surface area contributed by atoms with E-state index >= 15 is 0 Å². The van der Waals surface area contributed by atoms with Crippen LogP contribution in [0.15, 0.2) is 24.3 Å². The van der Waals surface area contributed by atoms with Gasteiger partial charge >= 0.3 is 6.18 Å². The molecule has 100 valence electrons. The van der Waals surface area contributed by atoms with Gasteiger partial charge in [-0.3, -0.25) is 0 Å². The van der Waals surface area contributed by atoms with Crippen LogP contribution in [0, 0.1) is 5.92 Å². The Labute approximate surface area is 110 Å². The number of hydrogen-bond acceptors (Lipinski definition) is 1. The summed E-state index contributed by atoms with van der Waals surface area (Å²) in [5.74, 6) is 0.784. The Morgan fingerprint density at radius 2 is 2.00 bits per heavy atom. The van der Waals surface area contributed by atoms with E-state index in [1.54, 1.807) is 17.0 Å².